The minimum atomic E-state index is -0.0299. The molecule has 5 nitrogen and oxygen atoms in total. The third-order valence-electron chi connectivity index (χ3n) is 4.19. The van der Waals surface area contributed by atoms with Gasteiger partial charge in [0, 0.05) is 26.2 Å². The van der Waals surface area contributed by atoms with Crippen molar-refractivity contribution in [2.24, 2.45) is 5.92 Å². The molecule has 2 aliphatic rings. The van der Waals surface area contributed by atoms with Crippen LogP contribution in [0.4, 0.5) is 0 Å². The number of ether oxygens (including phenoxy) is 2. The van der Waals surface area contributed by atoms with Crippen LogP contribution in [0.1, 0.15) is 12.0 Å². The normalized spacial score (nSPS) is 25.5. The molecule has 1 aromatic carbocycles. The fourth-order valence-corrected chi connectivity index (χ4v) is 3.06. The van der Waals surface area contributed by atoms with Gasteiger partial charge in [-0.3, -0.25) is 4.79 Å². The maximum Gasteiger partial charge on any atom is 0.227 e. The maximum atomic E-state index is 11.9. The molecule has 1 N–H and O–H groups in total. The predicted molar refractivity (Wildman–Crippen MR) is 83.4 cm³/mol. The van der Waals surface area contributed by atoms with Crippen LogP contribution < -0.4 is 5.32 Å². The largest absolute Gasteiger partial charge is 0.378 e. The zero-order valence-corrected chi connectivity index (χ0v) is 12.9. The summed E-state index contributed by atoms with van der Waals surface area (Å²) in [7, 11) is 0. The smallest absolute Gasteiger partial charge is 0.227 e. The number of nitrogens with zero attached hydrogens (tertiary/aromatic N) is 1. The summed E-state index contributed by atoms with van der Waals surface area (Å²) in [6, 6.07) is 10.4. The molecule has 5 heteroatoms. The van der Waals surface area contributed by atoms with Gasteiger partial charge < -0.3 is 19.7 Å². The SMILES string of the molecule is O=C1N[C@@H]2COC[C@H]1CN(CCCOCc1ccccc1)C2. The van der Waals surface area contributed by atoms with Crippen LogP contribution in [0.5, 0.6) is 0 Å². The van der Waals surface area contributed by atoms with Crippen molar-refractivity contribution in [2.45, 2.75) is 19.1 Å². The third-order valence-corrected chi connectivity index (χ3v) is 4.19. The molecule has 2 aliphatic heterocycles. The van der Waals surface area contributed by atoms with Gasteiger partial charge in [0.25, 0.3) is 0 Å². The van der Waals surface area contributed by atoms with E-state index in [4.69, 9.17) is 9.47 Å². The van der Waals surface area contributed by atoms with E-state index in [1.165, 1.54) is 5.56 Å². The molecule has 0 unspecified atom stereocenters. The molecule has 2 saturated heterocycles. The molecule has 120 valence electrons. The van der Waals surface area contributed by atoms with Crippen LogP contribution in [0, 0.1) is 5.92 Å². The minimum Gasteiger partial charge on any atom is -0.378 e. The van der Waals surface area contributed by atoms with Crippen LogP contribution in [0.3, 0.4) is 0 Å². The highest BCUT2D eigenvalue weighted by atomic mass is 16.5. The Morgan fingerprint density at radius 2 is 2.09 bits per heavy atom. The minimum absolute atomic E-state index is 0.0299. The molecule has 1 amide bonds. The number of hydrogen-bond donors (Lipinski definition) is 1. The lowest BCUT2D eigenvalue weighted by Crippen LogP contribution is -2.42. The molecule has 0 saturated carbocycles. The molecule has 1 aromatic rings. The van der Waals surface area contributed by atoms with Crippen LogP contribution in [0.25, 0.3) is 0 Å². The van der Waals surface area contributed by atoms with Crippen molar-refractivity contribution in [3.8, 4) is 0 Å². The Morgan fingerprint density at radius 1 is 1.23 bits per heavy atom. The van der Waals surface area contributed by atoms with E-state index >= 15 is 0 Å². The Labute approximate surface area is 131 Å². The first kappa shape index (κ1) is 15.5. The van der Waals surface area contributed by atoms with E-state index < -0.39 is 0 Å². The average Bonchev–Trinajstić information content (AvgIpc) is 2.76. The molecule has 0 radical (unpaired) electrons. The van der Waals surface area contributed by atoms with Crippen molar-refractivity contribution in [1.29, 1.82) is 0 Å². The fraction of sp³-hybridized carbons (Fsp3) is 0.588. The second-order valence-corrected chi connectivity index (χ2v) is 6.09. The van der Waals surface area contributed by atoms with E-state index in [1.54, 1.807) is 0 Å². The molecule has 2 fully saturated rings. The number of benzene rings is 1. The molecule has 0 spiro atoms. The topological polar surface area (TPSA) is 50.8 Å². The first-order valence-corrected chi connectivity index (χ1v) is 8.03. The van der Waals surface area contributed by atoms with Crippen molar-refractivity contribution in [3.63, 3.8) is 0 Å². The van der Waals surface area contributed by atoms with Gasteiger partial charge in [-0.25, -0.2) is 0 Å². The van der Waals surface area contributed by atoms with E-state index in [9.17, 15) is 4.79 Å². The maximum absolute atomic E-state index is 11.9. The van der Waals surface area contributed by atoms with Gasteiger partial charge in [-0.15, -0.1) is 0 Å². The van der Waals surface area contributed by atoms with Crippen LogP contribution in [-0.4, -0.2) is 56.3 Å². The Morgan fingerprint density at radius 3 is 2.95 bits per heavy atom. The number of carbonyl (C=O) groups excluding carboxylic acids is 1. The summed E-state index contributed by atoms with van der Waals surface area (Å²) in [4.78, 5) is 14.3. The second kappa shape index (κ2) is 7.72. The van der Waals surface area contributed by atoms with E-state index in [-0.39, 0.29) is 17.9 Å². The lowest BCUT2D eigenvalue weighted by Gasteiger charge is -2.27. The number of hydrogen-bond acceptors (Lipinski definition) is 4. The van der Waals surface area contributed by atoms with E-state index in [0.29, 0.717) is 19.8 Å². The monoisotopic (exact) mass is 304 g/mol. The molecule has 0 aliphatic carbocycles. The number of carbonyl (C=O) groups is 1. The van der Waals surface area contributed by atoms with Gasteiger partial charge in [0.1, 0.15) is 0 Å². The summed E-state index contributed by atoms with van der Waals surface area (Å²) in [6.45, 7) is 5.23. The fourth-order valence-electron chi connectivity index (χ4n) is 3.06. The van der Waals surface area contributed by atoms with Gasteiger partial charge >= 0.3 is 0 Å². The Hall–Kier alpha value is -1.43. The summed E-state index contributed by atoms with van der Waals surface area (Å²) >= 11 is 0. The van der Waals surface area contributed by atoms with Crippen molar-refractivity contribution in [1.82, 2.24) is 10.2 Å². The summed E-state index contributed by atoms with van der Waals surface area (Å²) in [5.41, 5.74) is 1.21. The molecule has 2 atom stereocenters. The lowest BCUT2D eigenvalue weighted by molar-refractivity contribution is -0.125. The van der Waals surface area contributed by atoms with Gasteiger partial charge in [0.2, 0.25) is 5.91 Å². The number of rotatable bonds is 6. The van der Waals surface area contributed by atoms with Crippen molar-refractivity contribution in [2.75, 3.05) is 39.5 Å². The molecular formula is C17H24N2O3. The summed E-state index contributed by atoms with van der Waals surface area (Å²) in [5.74, 6) is 0.114. The van der Waals surface area contributed by atoms with E-state index in [1.807, 2.05) is 18.2 Å². The third kappa shape index (κ3) is 4.29. The van der Waals surface area contributed by atoms with Crippen LogP contribution in [0.15, 0.2) is 30.3 Å². The second-order valence-electron chi connectivity index (χ2n) is 6.09. The molecule has 2 bridgehead atoms. The zero-order valence-electron chi connectivity index (χ0n) is 12.9. The van der Waals surface area contributed by atoms with Crippen molar-refractivity contribution < 1.29 is 14.3 Å². The summed E-state index contributed by atoms with van der Waals surface area (Å²) in [5, 5.41) is 3.06. The number of amides is 1. The summed E-state index contributed by atoms with van der Waals surface area (Å²) in [6.07, 6.45) is 0.987. The van der Waals surface area contributed by atoms with Gasteiger partial charge in [-0.05, 0) is 12.0 Å². The van der Waals surface area contributed by atoms with Gasteiger partial charge in [-0.2, -0.15) is 0 Å². The molecule has 2 heterocycles. The first-order chi connectivity index (χ1) is 10.8. The lowest BCUT2D eigenvalue weighted by atomic mass is 10.1. The first-order valence-electron chi connectivity index (χ1n) is 8.03. The molecule has 3 rings (SSSR count). The highest BCUT2D eigenvalue weighted by Gasteiger charge is 2.32. The standard InChI is InChI=1S/C17H24N2O3/c20-17-15-9-19(10-16(18-17)13-22-12-15)7-4-8-21-11-14-5-2-1-3-6-14/h1-3,5-6,15-16H,4,7-13H2,(H,18,20)/t15-,16+/m1/s1. The number of fused-ring (bicyclic) bond motifs is 3. The highest BCUT2D eigenvalue weighted by molar-refractivity contribution is 5.79. The molecule has 22 heavy (non-hydrogen) atoms. The van der Waals surface area contributed by atoms with Gasteiger partial charge in [0.05, 0.1) is 31.8 Å². The average molecular weight is 304 g/mol. The highest BCUT2D eigenvalue weighted by Crippen LogP contribution is 2.14. The predicted octanol–water partition coefficient (Wildman–Crippen LogP) is 1.04. The summed E-state index contributed by atoms with van der Waals surface area (Å²) < 4.78 is 11.3. The van der Waals surface area contributed by atoms with Crippen molar-refractivity contribution in [3.05, 3.63) is 35.9 Å². The van der Waals surface area contributed by atoms with E-state index in [2.05, 4.69) is 22.3 Å². The van der Waals surface area contributed by atoms with E-state index in [0.717, 1.165) is 32.7 Å². The van der Waals surface area contributed by atoms with Gasteiger partial charge in [0.15, 0.2) is 0 Å². The molecular weight excluding hydrogens is 280 g/mol. The molecule has 0 aromatic heterocycles. The quantitative estimate of drug-likeness (QED) is 0.798. The van der Waals surface area contributed by atoms with Crippen molar-refractivity contribution >= 4 is 5.91 Å². The Bertz CT molecular complexity index is 480. The number of nitrogens with one attached hydrogen (secondary N) is 1. The zero-order chi connectivity index (χ0) is 15.2. The Kier molecular flexibility index (Phi) is 5.43. The van der Waals surface area contributed by atoms with Gasteiger partial charge in [-0.1, -0.05) is 30.3 Å². The van der Waals surface area contributed by atoms with Crippen LogP contribution in [0.2, 0.25) is 0 Å². The van der Waals surface area contributed by atoms with Crippen LogP contribution in [-0.2, 0) is 20.9 Å². The Balaban J connectivity index is 1.38. The van der Waals surface area contributed by atoms with Crippen LogP contribution >= 0.6 is 0 Å².